The van der Waals surface area contributed by atoms with Crippen molar-refractivity contribution in [1.82, 2.24) is 15.0 Å². The maximum Gasteiger partial charge on any atom is 0.274 e. The largest absolute Gasteiger partial charge is 0.322 e. The zero-order valence-corrected chi connectivity index (χ0v) is 15.6. The highest BCUT2D eigenvalue weighted by molar-refractivity contribution is 6.03. The summed E-state index contributed by atoms with van der Waals surface area (Å²) < 4.78 is 0. The maximum absolute atomic E-state index is 12.6. The summed E-state index contributed by atoms with van der Waals surface area (Å²) in [5.41, 5.74) is 4.80. The Morgan fingerprint density at radius 3 is 2.61 bits per heavy atom. The van der Waals surface area contributed by atoms with Gasteiger partial charge in [0.05, 0.1) is 11.2 Å². The summed E-state index contributed by atoms with van der Waals surface area (Å²) in [7, 11) is 0. The third-order valence-electron chi connectivity index (χ3n) is 4.40. The van der Waals surface area contributed by atoms with E-state index >= 15 is 0 Å². The van der Waals surface area contributed by atoms with Crippen molar-refractivity contribution < 1.29 is 4.79 Å². The second kappa shape index (κ2) is 7.44. The Morgan fingerprint density at radius 2 is 1.75 bits per heavy atom. The van der Waals surface area contributed by atoms with Crippen molar-refractivity contribution in [2.45, 2.75) is 13.8 Å². The maximum atomic E-state index is 12.6. The fourth-order valence-corrected chi connectivity index (χ4v) is 3.01. The number of aryl methyl sites for hydroxylation is 2. The monoisotopic (exact) mass is 369 g/mol. The van der Waals surface area contributed by atoms with Crippen LogP contribution in [0.4, 0.5) is 17.3 Å². The zero-order chi connectivity index (χ0) is 19.5. The van der Waals surface area contributed by atoms with Crippen molar-refractivity contribution in [2.24, 2.45) is 0 Å². The number of fused-ring (bicyclic) bond motifs is 1. The molecule has 0 spiro atoms. The molecule has 2 aromatic carbocycles. The van der Waals surface area contributed by atoms with Gasteiger partial charge in [-0.2, -0.15) is 0 Å². The van der Waals surface area contributed by atoms with Gasteiger partial charge in [0, 0.05) is 23.5 Å². The lowest BCUT2D eigenvalue weighted by molar-refractivity contribution is 0.102. The van der Waals surface area contributed by atoms with Crippen LogP contribution in [0.2, 0.25) is 0 Å². The smallest absolute Gasteiger partial charge is 0.274 e. The summed E-state index contributed by atoms with van der Waals surface area (Å²) in [4.78, 5) is 25.6. The third kappa shape index (κ3) is 3.66. The number of anilines is 3. The van der Waals surface area contributed by atoms with Gasteiger partial charge >= 0.3 is 0 Å². The SMILES string of the molecule is Cc1ccc(NC(=O)c2ccnc(Nc3cccc4cccnc34)n2)c(C)c1. The normalized spacial score (nSPS) is 10.6. The molecule has 138 valence electrons. The first kappa shape index (κ1) is 17.6. The molecular formula is C22H19N5O. The standard InChI is InChI=1S/C22H19N5O/c1-14-8-9-17(15(2)13-14)25-21(28)19-10-12-24-22(27-19)26-18-7-3-5-16-6-4-11-23-20(16)18/h3-13H,1-2H3,(H,25,28)(H,24,26,27). The highest BCUT2D eigenvalue weighted by Crippen LogP contribution is 2.23. The number of aromatic nitrogens is 3. The van der Waals surface area contributed by atoms with Gasteiger partial charge in [0.2, 0.25) is 5.95 Å². The van der Waals surface area contributed by atoms with E-state index in [4.69, 9.17) is 0 Å². The fourth-order valence-electron chi connectivity index (χ4n) is 3.01. The quantitative estimate of drug-likeness (QED) is 0.548. The van der Waals surface area contributed by atoms with Crippen molar-refractivity contribution >= 4 is 34.1 Å². The van der Waals surface area contributed by atoms with E-state index in [1.54, 1.807) is 18.5 Å². The number of nitrogens with zero attached hydrogens (tertiary/aromatic N) is 3. The average Bonchev–Trinajstić information content (AvgIpc) is 2.70. The molecule has 0 saturated carbocycles. The lowest BCUT2D eigenvalue weighted by Crippen LogP contribution is -2.15. The number of hydrogen-bond acceptors (Lipinski definition) is 5. The summed E-state index contributed by atoms with van der Waals surface area (Å²) >= 11 is 0. The third-order valence-corrected chi connectivity index (χ3v) is 4.40. The lowest BCUT2D eigenvalue weighted by atomic mass is 10.1. The molecule has 0 unspecified atom stereocenters. The number of para-hydroxylation sites is 1. The van der Waals surface area contributed by atoms with Crippen LogP contribution in [0, 0.1) is 13.8 Å². The van der Waals surface area contributed by atoms with Gasteiger partial charge in [-0.15, -0.1) is 0 Å². The van der Waals surface area contributed by atoms with Crippen molar-refractivity contribution in [3.63, 3.8) is 0 Å². The van der Waals surface area contributed by atoms with E-state index in [0.717, 1.165) is 33.4 Å². The van der Waals surface area contributed by atoms with Crippen molar-refractivity contribution in [1.29, 1.82) is 0 Å². The number of carbonyl (C=O) groups excluding carboxylic acids is 1. The van der Waals surface area contributed by atoms with Crippen LogP contribution < -0.4 is 10.6 Å². The van der Waals surface area contributed by atoms with E-state index in [1.165, 1.54) is 0 Å². The van der Waals surface area contributed by atoms with Gasteiger partial charge in [0.15, 0.2) is 0 Å². The Bertz CT molecular complexity index is 1170. The Hall–Kier alpha value is -3.80. The number of rotatable bonds is 4. The second-order valence-corrected chi connectivity index (χ2v) is 6.54. The highest BCUT2D eigenvalue weighted by Gasteiger charge is 2.11. The molecule has 0 saturated heterocycles. The summed E-state index contributed by atoms with van der Waals surface area (Å²) in [5, 5.41) is 7.08. The number of amides is 1. The Labute approximate surface area is 162 Å². The molecule has 6 heteroatoms. The van der Waals surface area contributed by atoms with E-state index in [9.17, 15) is 4.79 Å². The van der Waals surface area contributed by atoms with Gasteiger partial charge in [-0.1, -0.05) is 35.9 Å². The van der Waals surface area contributed by atoms with Gasteiger partial charge in [-0.25, -0.2) is 9.97 Å². The van der Waals surface area contributed by atoms with Crippen LogP contribution in [0.15, 0.2) is 67.0 Å². The molecule has 4 aromatic rings. The van der Waals surface area contributed by atoms with Gasteiger partial charge in [-0.05, 0) is 43.7 Å². The van der Waals surface area contributed by atoms with Crippen LogP contribution in [0.25, 0.3) is 10.9 Å². The number of nitrogens with one attached hydrogen (secondary N) is 2. The topological polar surface area (TPSA) is 79.8 Å². The number of carbonyl (C=O) groups is 1. The van der Waals surface area contributed by atoms with Gasteiger partial charge in [0.1, 0.15) is 5.69 Å². The molecule has 0 atom stereocenters. The zero-order valence-electron chi connectivity index (χ0n) is 15.6. The molecule has 0 fully saturated rings. The van der Waals surface area contributed by atoms with Gasteiger partial charge < -0.3 is 10.6 Å². The molecule has 0 aliphatic carbocycles. The molecule has 28 heavy (non-hydrogen) atoms. The van der Waals surface area contributed by atoms with Crippen LogP contribution in [0.5, 0.6) is 0 Å². The van der Waals surface area contributed by atoms with Crippen molar-refractivity contribution in [2.75, 3.05) is 10.6 Å². The van der Waals surface area contributed by atoms with E-state index in [0.29, 0.717) is 5.95 Å². The van der Waals surface area contributed by atoms with E-state index in [-0.39, 0.29) is 11.6 Å². The molecule has 2 N–H and O–H groups in total. The summed E-state index contributed by atoms with van der Waals surface area (Å²) in [5.74, 6) is 0.0554. The molecule has 0 aliphatic rings. The Morgan fingerprint density at radius 1 is 0.893 bits per heavy atom. The van der Waals surface area contributed by atoms with E-state index < -0.39 is 0 Å². The lowest BCUT2D eigenvalue weighted by Gasteiger charge is -2.10. The predicted octanol–water partition coefficient (Wildman–Crippen LogP) is 4.64. The second-order valence-electron chi connectivity index (χ2n) is 6.54. The molecule has 2 aromatic heterocycles. The van der Waals surface area contributed by atoms with Gasteiger partial charge in [-0.3, -0.25) is 9.78 Å². The van der Waals surface area contributed by atoms with Crippen LogP contribution in [-0.2, 0) is 0 Å². The van der Waals surface area contributed by atoms with Crippen LogP contribution in [0.1, 0.15) is 21.6 Å². The molecular weight excluding hydrogens is 350 g/mol. The molecule has 4 rings (SSSR count). The summed E-state index contributed by atoms with van der Waals surface area (Å²) in [6.45, 7) is 3.98. The summed E-state index contributed by atoms with van der Waals surface area (Å²) in [6.07, 6.45) is 3.30. The molecule has 0 aliphatic heterocycles. The fraction of sp³-hybridized carbons (Fsp3) is 0.0909. The van der Waals surface area contributed by atoms with E-state index in [1.807, 2.05) is 62.4 Å². The minimum absolute atomic E-state index is 0.283. The number of benzene rings is 2. The summed E-state index contributed by atoms with van der Waals surface area (Å²) in [6, 6.07) is 17.2. The van der Waals surface area contributed by atoms with Crippen molar-refractivity contribution in [3.05, 3.63) is 83.8 Å². The highest BCUT2D eigenvalue weighted by atomic mass is 16.1. The Balaban J connectivity index is 1.58. The minimum atomic E-state index is -0.284. The van der Waals surface area contributed by atoms with Crippen LogP contribution >= 0.6 is 0 Å². The van der Waals surface area contributed by atoms with Crippen molar-refractivity contribution in [3.8, 4) is 0 Å². The molecule has 1 amide bonds. The first-order chi connectivity index (χ1) is 13.6. The average molecular weight is 369 g/mol. The predicted molar refractivity (Wildman–Crippen MR) is 111 cm³/mol. The number of hydrogen-bond donors (Lipinski definition) is 2. The molecule has 6 nitrogen and oxygen atoms in total. The first-order valence-corrected chi connectivity index (χ1v) is 8.92. The Kier molecular flexibility index (Phi) is 4.68. The van der Waals surface area contributed by atoms with Gasteiger partial charge in [0.25, 0.3) is 5.91 Å². The van der Waals surface area contributed by atoms with Crippen LogP contribution in [0.3, 0.4) is 0 Å². The molecule has 0 radical (unpaired) electrons. The molecule has 2 heterocycles. The van der Waals surface area contributed by atoms with E-state index in [2.05, 4.69) is 25.6 Å². The first-order valence-electron chi connectivity index (χ1n) is 8.92. The van der Waals surface area contributed by atoms with Crippen LogP contribution in [-0.4, -0.2) is 20.9 Å². The molecule has 0 bridgehead atoms. The number of pyridine rings is 1. The minimum Gasteiger partial charge on any atom is -0.322 e.